The van der Waals surface area contributed by atoms with Crippen LogP contribution in [0.5, 0.6) is 5.75 Å². The molecule has 1 atom stereocenters. The SMILES string of the molecule is N#Cc1cc(C2CNC2)ccn1.O=C1CCC(N2Cc3cc(OC4CCCCC4)ccc3C2=O)C(=O)N1. The lowest BCUT2D eigenvalue weighted by molar-refractivity contribution is -0.136. The van der Waals surface area contributed by atoms with Gasteiger partial charge in [-0.15, -0.1) is 0 Å². The molecule has 2 saturated heterocycles. The zero-order chi connectivity index (χ0) is 25.8. The largest absolute Gasteiger partial charge is 0.490 e. The third kappa shape index (κ3) is 5.65. The summed E-state index contributed by atoms with van der Waals surface area (Å²) in [6, 6.07) is 10.9. The van der Waals surface area contributed by atoms with Gasteiger partial charge in [0.2, 0.25) is 11.8 Å². The Hall–Kier alpha value is -3.77. The molecule has 9 nitrogen and oxygen atoms in total. The van der Waals surface area contributed by atoms with Crippen LogP contribution < -0.4 is 15.4 Å². The highest BCUT2D eigenvalue weighted by Gasteiger charge is 2.39. The maximum Gasteiger partial charge on any atom is 0.255 e. The van der Waals surface area contributed by atoms with Crippen LogP contribution in [0, 0.1) is 11.3 Å². The zero-order valence-electron chi connectivity index (χ0n) is 20.7. The van der Waals surface area contributed by atoms with Crippen LogP contribution in [-0.2, 0) is 16.1 Å². The van der Waals surface area contributed by atoms with E-state index >= 15 is 0 Å². The lowest BCUT2D eigenvalue weighted by Crippen LogP contribution is -2.52. The van der Waals surface area contributed by atoms with Crippen molar-refractivity contribution in [2.24, 2.45) is 0 Å². The molecule has 0 bridgehead atoms. The topological polar surface area (TPSA) is 124 Å². The molecule has 2 aromatic rings. The summed E-state index contributed by atoms with van der Waals surface area (Å²) in [7, 11) is 0. The third-order valence-electron chi connectivity index (χ3n) is 7.50. The number of rotatable bonds is 4. The lowest BCUT2D eigenvalue weighted by atomic mass is 9.94. The van der Waals surface area contributed by atoms with Gasteiger partial charge >= 0.3 is 0 Å². The molecule has 6 rings (SSSR count). The molecule has 1 aliphatic carbocycles. The first-order chi connectivity index (χ1) is 18.0. The second kappa shape index (κ2) is 11.1. The van der Waals surface area contributed by atoms with Crippen LogP contribution >= 0.6 is 0 Å². The van der Waals surface area contributed by atoms with Crippen LogP contribution in [-0.4, -0.2) is 52.8 Å². The molecule has 192 valence electrons. The number of carbonyl (C=O) groups is 3. The first-order valence-corrected chi connectivity index (χ1v) is 13.0. The van der Waals surface area contributed by atoms with Gasteiger partial charge in [-0.3, -0.25) is 19.7 Å². The number of carbonyl (C=O) groups excluding carboxylic acids is 3. The van der Waals surface area contributed by atoms with Gasteiger partial charge in [-0.2, -0.15) is 5.26 Å². The number of nitrogens with one attached hydrogen (secondary N) is 2. The van der Waals surface area contributed by atoms with Crippen molar-refractivity contribution < 1.29 is 19.1 Å². The number of hydrogen-bond acceptors (Lipinski definition) is 7. The van der Waals surface area contributed by atoms with E-state index in [1.165, 1.54) is 24.8 Å². The molecule has 3 fully saturated rings. The fraction of sp³-hybridized carbons (Fsp3) is 0.464. The summed E-state index contributed by atoms with van der Waals surface area (Å²) in [5, 5.41) is 14.1. The minimum absolute atomic E-state index is 0.145. The Bertz CT molecular complexity index is 1230. The van der Waals surface area contributed by atoms with Crippen LogP contribution in [0.2, 0.25) is 0 Å². The van der Waals surface area contributed by atoms with Crippen molar-refractivity contribution in [3.8, 4) is 11.8 Å². The molecule has 4 aliphatic rings. The maximum absolute atomic E-state index is 12.6. The number of aromatic nitrogens is 1. The summed E-state index contributed by atoms with van der Waals surface area (Å²) < 4.78 is 6.08. The van der Waals surface area contributed by atoms with Gasteiger partial charge in [0.1, 0.15) is 23.6 Å². The molecular formula is C28H31N5O4. The molecule has 2 N–H and O–H groups in total. The van der Waals surface area contributed by atoms with Crippen molar-refractivity contribution in [2.45, 2.75) is 69.6 Å². The van der Waals surface area contributed by atoms with Gasteiger partial charge < -0.3 is 15.0 Å². The molecule has 0 radical (unpaired) electrons. The summed E-state index contributed by atoms with van der Waals surface area (Å²) >= 11 is 0. The van der Waals surface area contributed by atoms with Gasteiger partial charge in [-0.25, -0.2) is 4.98 Å². The molecule has 3 aliphatic heterocycles. The Balaban J connectivity index is 0.000000195. The normalized spacial score (nSPS) is 21.8. The van der Waals surface area contributed by atoms with Gasteiger partial charge in [-0.1, -0.05) is 6.42 Å². The summed E-state index contributed by atoms with van der Waals surface area (Å²) in [5.74, 6) is 0.585. The summed E-state index contributed by atoms with van der Waals surface area (Å²) in [6.45, 7) is 2.44. The molecule has 3 amide bonds. The minimum Gasteiger partial charge on any atom is -0.490 e. The lowest BCUT2D eigenvalue weighted by Gasteiger charge is -2.29. The summed E-state index contributed by atoms with van der Waals surface area (Å²) in [5.41, 5.74) is 3.25. The van der Waals surface area contributed by atoms with Crippen LogP contribution in [0.1, 0.15) is 78.0 Å². The Morgan fingerprint density at radius 3 is 2.54 bits per heavy atom. The van der Waals surface area contributed by atoms with Gasteiger partial charge in [0.05, 0.1) is 6.10 Å². The number of amides is 3. The number of hydrogen-bond donors (Lipinski definition) is 2. The van der Waals surface area contributed by atoms with E-state index in [2.05, 4.69) is 15.6 Å². The van der Waals surface area contributed by atoms with Crippen LogP contribution in [0.25, 0.3) is 0 Å². The van der Waals surface area contributed by atoms with Gasteiger partial charge in [0.15, 0.2) is 0 Å². The fourth-order valence-corrected chi connectivity index (χ4v) is 5.29. The number of pyridine rings is 1. The molecular weight excluding hydrogens is 470 g/mol. The molecule has 0 spiro atoms. The van der Waals surface area contributed by atoms with E-state index in [0.717, 1.165) is 37.2 Å². The molecule has 1 unspecified atom stereocenters. The van der Waals surface area contributed by atoms with Crippen molar-refractivity contribution in [1.29, 1.82) is 5.26 Å². The number of nitriles is 1. The van der Waals surface area contributed by atoms with E-state index in [0.29, 0.717) is 30.1 Å². The van der Waals surface area contributed by atoms with E-state index in [1.54, 1.807) is 17.2 Å². The van der Waals surface area contributed by atoms with Crippen molar-refractivity contribution in [3.63, 3.8) is 0 Å². The predicted molar refractivity (Wildman–Crippen MR) is 135 cm³/mol. The van der Waals surface area contributed by atoms with Crippen molar-refractivity contribution in [1.82, 2.24) is 20.5 Å². The minimum atomic E-state index is -0.569. The summed E-state index contributed by atoms with van der Waals surface area (Å²) in [4.78, 5) is 41.5. The van der Waals surface area contributed by atoms with Crippen LogP contribution in [0.15, 0.2) is 36.5 Å². The number of nitrogens with zero attached hydrogens (tertiary/aromatic N) is 3. The first-order valence-electron chi connectivity index (χ1n) is 13.0. The first kappa shape index (κ1) is 24.9. The quantitative estimate of drug-likeness (QED) is 0.617. The number of piperidine rings is 1. The highest BCUT2D eigenvalue weighted by molar-refractivity contribution is 6.05. The smallest absolute Gasteiger partial charge is 0.255 e. The van der Waals surface area contributed by atoms with Crippen LogP contribution in [0.4, 0.5) is 0 Å². The number of benzene rings is 1. The molecule has 9 heteroatoms. The van der Waals surface area contributed by atoms with E-state index in [9.17, 15) is 14.4 Å². The van der Waals surface area contributed by atoms with Crippen molar-refractivity contribution in [2.75, 3.05) is 13.1 Å². The average Bonchev–Trinajstić information content (AvgIpc) is 3.19. The monoisotopic (exact) mass is 501 g/mol. The second-order valence-corrected chi connectivity index (χ2v) is 10.0. The van der Waals surface area contributed by atoms with E-state index in [-0.39, 0.29) is 30.2 Å². The van der Waals surface area contributed by atoms with Crippen LogP contribution in [0.3, 0.4) is 0 Å². The highest BCUT2D eigenvalue weighted by Crippen LogP contribution is 2.31. The number of imide groups is 1. The van der Waals surface area contributed by atoms with E-state index in [1.807, 2.05) is 30.3 Å². The van der Waals surface area contributed by atoms with E-state index < -0.39 is 6.04 Å². The zero-order valence-corrected chi connectivity index (χ0v) is 20.7. The molecule has 1 aromatic heterocycles. The van der Waals surface area contributed by atoms with Crippen molar-refractivity contribution in [3.05, 3.63) is 58.9 Å². The third-order valence-corrected chi connectivity index (χ3v) is 7.50. The standard InChI is InChI=1S/C19H22N2O4.C9H9N3/c22-17-9-8-16(18(23)20-17)21-11-12-10-14(6-7-15(12)19(21)24)25-13-4-2-1-3-5-13;10-4-9-3-7(1-2-12-9)8-5-11-6-8/h6-7,10,13,16H,1-5,8-9,11H2,(H,20,22,23);1-3,8,11H,5-6H2. The fourth-order valence-electron chi connectivity index (χ4n) is 5.29. The Kier molecular flexibility index (Phi) is 7.47. The molecule has 1 aromatic carbocycles. The molecule has 1 saturated carbocycles. The Morgan fingerprint density at radius 1 is 1.03 bits per heavy atom. The van der Waals surface area contributed by atoms with Crippen molar-refractivity contribution >= 4 is 17.7 Å². The molecule has 4 heterocycles. The Morgan fingerprint density at radius 2 is 1.84 bits per heavy atom. The Labute approximate surface area is 216 Å². The number of fused-ring (bicyclic) bond motifs is 1. The van der Waals surface area contributed by atoms with Gasteiger partial charge in [0, 0.05) is 43.7 Å². The van der Waals surface area contributed by atoms with E-state index in [4.69, 9.17) is 10.00 Å². The predicted octanol–water partition coefficient (Wildman–Crippen LogP) is 2.80. The van der Waals surface area contributed by atoms with Gasteiger partial charge in [-0.05, 0) is 73.6 Å². The average molecular weight is 502 g/mol. The highest BCUT2D eigenvalue weighted by atomic mass is 16.5. The molecule has 37 heavy (non-hydrogen) atoms. The number of ether oxygens (including phenoxy) is 1. The maximum atomic E-state index is 12.6. The van der Waals surface area contributed by atoms with Gasteiger partial charge in [0.25, 0.3) is 5.91 Å². The second-order valence-electron chi connectivity index (χ2n) is 10.0. The summed E-state index contributed by atoms with van der Waals surface area (Å²) in [6.07, 6.45) is 8.47.